The maximum atomic E-state index is 11.6. The number of hydrogen-bond donors (Lipinski definition) is 0. The molecule has 0 aromatic carbocycles. The Hall–Kier alpha value is -0.376. The molecule has 0 unspecified atom stereocenters. The molecule has 0 saturated carbocycles. The van der Waals surface area contributed by atoms with Crippen molar-refractivity contribution in [2.45, 2.75) is 27.7 Å². The number of Topliss-reactive ketones (excluding diaryl/α,β-unsaturated/α-hetero) is 4. The molecule has 0 aromatic heterocycles. The largest absolute Gasteiger partial charge is 3.00 e. The third kappa shape index (κ3) is 14.3. The second-order valence-electron chi connectivity index (χ2n) is 7.75. The van der Waals surface area contributed by atoms with Gasteiger partial charge in [-0.2, -0.15) is 0 Å². The van der Waals surface area contributed by atoms with Crippen LogP contribution >= 0.6 is 0 Å². The predicted molar refractivity (Wildman–Crippen MR) is 108 cm³/mol. The summed E-state index contributed by atoms with van der Waals surface area (Å²) >= 11 is 0. The zero-order valence-corrected chi connectivity index (χ0v) is 21.2. The Morgan fingerprint density at radius 3 is 1.34 bits per heavy atom. The minimum Gasteiger partial charge on any atom is -0.448 e. The minimum absolute atomic E-state index is 0. The maximum Gasteiger partial charge on any atom is 3.00 e. The number of nitrogens with zero attached hydrogens (tertiary/aromatic N) is 4. The van der Waals surface area contributed by atoms with E-state index >= 15 is 0 Å². The Kier molecular flexibility index (Phi) is 15.2. The standard InChI is InChI=1S/C20H35N4O4.Y/c1-17(25)13-21-5-7-22(14-18(2)26)9-11-24(16-20(4)28)12-10-23(8-6-21)15-19(3)27;/h5H,6-16H2,1-4H3;/q-1;+3. The van der Waals surface area contributed by atoms with Gasteiger partial charge in [0.2, 0.25) is 0 Å². The first-order valence-electron chi connectivity index (χ1n) is 9.88. The molecule has 1 aliphatic rings. The minimum atomic E-state index is 0. The van der Waals surface area contributed by atoms with Crippen molar-refractivity contribution in [3.05, 3.63) is 6.54 Å². The van der Waals surface area contributed by atoms with Crippen molar-refractivity contribution >= 4 is 23.1 Å². The summed E-state index contributed by atoms with van der Waals surface area (Å²) in [5.74, 6) is 0.360. The van der Waals surface area contributed by atoms with Crippen LogP contribution in [0.2, 0.25) is 0 Å². The van der Waals surface area contributed by atoms with E-state index in [0.29, 0.717) is 72.0 Å². The first-order chi connectivity index (χ1) is 13.2. The van der Waals surface area contributed by atoms with Crippen LogP contribution in [0.3, 0.4) is 0 Å². The van der Waals surface area contributed by atoms with Crippen LogP contribution in [0, 0.1) is 6.54 Å². The van der Waals surface area contributed by atoms with E-state index in [-0.39, 0.29) is 55.8 Å². The first kappa shape index (κ1) is 28.6. The van der Waals surface area contributed by atoms with Crippen LogP contribution < -0.4 is 0 Å². The van der Waals surface area contributed by atoms with E-state index in [2.05, 4.69) is 9.80 Å². The van der Waals surface area contributed by atoms with Gasteiger partial charge in [-0.3, -0.25) is 35.5 Å². The third-order valence-corrected chi connectivity index (χ3v) is 4.53. The van der Waals surface area contributed by atoms with Gasteiger partial charge in [-0.25, -0.2) is 0 Å². The van der Waals surface area contributed by atoms with Crippen LogP contribution in [0.5, 0.6) is 0 Å². The number of carbonyl (C=O) groups excluding carboxylic acids is 4. The van der Waals surface area contributed by atoms with Crippen LogP contribution in [0.15, 0.2) is 0 Å². The summed E-state index contributed by atoms with van der Waals surface area (Å²) in [7, 11) is 0. The molecule has 1 fully saturated rings. The molecule has 1 rings (SSSR count). The summed E-state index contributed by atoms with van der Waals surface area (Å²) in [6, 6.07) is 0. The van der Waals surface area contributed by atoms with Gasteiger partial charge in [-0.05, 0) is 34.2 Å². The average molecular weight is 484 g/mol. The smallest absolute Gasteiger partial charge is 0.448 e. The average Bonchev–Trinajstić information content (AvgIpc) is 2.55. The molecule has 0 aromatic rings. The first-order valence-corrected chi connectivity index (χ1v) is 9.88. The molecule has 1 saturated heterocycles. The van der Waals surface area contributed by atoms with E-state index < -0.39 is 0 Å². The van der Waals surface area contributed by atoms with Crippen molar-refractivity contribution in [1.82, 2.24) is 19.6 Å². The van der Waals surface area contributed by atoms with Gasteiger partial charge >= 0.3 is 32.7 Å². The number of rotatable bonds is 8. The van der Waals surface area contributed by atoms with Gasteiger partial charge in [0.15, 0.2) is 0 Å². The third-order valence-electron chi connectivity index (χ3n) is 4.53. The van der Waals surface area contributed by atoms with Gasteiger partial charge in [0.1, 0.15) is 23.1 Å². The summed E-state index contributed by atoms with van der Waals surface area (Å²) in [5.41, 5.74) is 0. The summed E-state index contributed by atoms with van der Waals surface area (Å²) in [6.07, 6.45) is 0. The fourth-order valence-corrected chi connectivity index (χ4v) is 3.31. The summed E-state index contributed by atoms with van der Waals surface area (Å²) in [5, 5.41) is 0. The van der Waals surface area contributed by atoms with Gasteiger partial charge in [-0.15, -0.1) is 6.54 Å². The van der Waals surface area contributed by atoms with Crippen molar-refractivity contribution in [1.29, 1.82) is 0 Å². The molecule has 9 heteroatoms. The molecular formula is C20H35N4O4Y+2. The Bertz CT molecular complexity index is 447. The van der Waals surface area contributed by atoms with Crippen molar-refractivity contribution < 1.29 is 51.9 Å². The summed E-state index contributed by atoms with van der Waals surface area (Å²) < 4.78 is 0. The second kappa shape index (κ2) is 15.4. The Morgan fingerprint density at radius 2 is 0.931 bits per heavy atom. The fraction of sp³-hybridized carbons (Fsp3) is 0.750. The molecule has 0 atom stereocenters. The van der Waals surface area contributed by atoms with Crippen LogP contribution in [-0.4, -0.2) is 115 Å². The van der Waals surface area contributed by atoms with Crippen molar-refractivity contribution in [3.63, 3.8) is 0 Å². The SMILES string of the molecule is CC(=O)CN1[CH-]CN(CC(C)=O)CCN(CC(C)=O)CCN(CC(C)=O)CC1.[Y+3]. The molecule has 0 radical (unpaired) electrons. The normalized spacial score (nSPS) is 18.9. The zero-order chi connectivity index (χ0) is 21.1. The van der Waals surface area contributed by atoms with Gasteiger partial charge in [0, 0.05) is 39.3 Å². The van der Waals surface area contributed by atoms with E-state index in [4.69, 9.17) is 0 Å². The monoisotopic (exact) mass is 484 g/mol. The van der Waals surface area contributed by atoms with Gasteiger partial charge < -0.3 is 9.80 Å². The van der Waals surface area contributed by atoms with Gasteiger partial charge in [0.05, 0.1) is 19.6 Å². The number of carbonyl (C=O) groups is 4. The summed E-state index contributed by atoms with van der Waals surface area (Å²) in [4.78, 5) is 54.7. The topological polar surface area (TPSA) is 81.2 Å². The zero-order valence-electron chi connectivity index (χ0n) is 18.4. The number of ketones is 4. The van der Waals surface area contributed by atoms with Crippen LogP contribution in [-0.2, 0) is 51.9 Å². The number of hydrogen-bond acceptors (Lipinski definition) is 8. The Morgan fingerprint density at radius 1 is 0.586 bits per heavy atom. The van der Waals surface area contributed by atoms with E-state index in [1.165, 1.54) is 0 Å². The van der Waals surface area contributed by atoms with E-state index in [1.807, 2.05) is 16.3 Å². The van der Waals surface area contributed by atoms with Crippen molar-refractivity contribution in [2.75, 3.05) is 72.0 Å². The van der Waals surface area contributed by atoms with Crippen LogP contribution in [0.25, 0.3) is 0 Å². The quantitative estimate of drug-likeness (QED) is 0.436. The Balaban J connectivity index is 0.00000784. The molecular weight excluding hydrogens is 449 g/mol. The Labute approximate surface area is 200 Å². The van der Waals surface area contributed by atoms with Gasteiger partial charge in [0.25, 0.3) is 0 Å². The predicted octanol–water partition coefficient (Wildman–Crippen LogP) is -0.277. The molecule has 8 nitrogen and oxygen atoms in total. The second-order valence-corrected chi connectivity index (χ2v) is 7.75. The molecule has 29 heavy (non-hydrogen) atoms. The molecule has 0 aliphatic carbocycles. The van der Waals surface area contributed by atoms with Crippen molar-refractivity contribution in [3.8, 4) is 0 Å². The molecule has 0 bridgehead atoms. The fourth-order valence-electron chi connectivity index (χ4n) is 3.31. The molecule has 160 valence electrons. The molecule has 0 N–H and O–H groups in total. The molecule has 0 amide bonds. The van der Waals surface area contributed by atoms with Gasteiger partial charge in [-0.1, -0.05) is 0 Å². The maximum absolute atomic E-state index is 11.6. The van der Waals surface area contributed by atoms with Crippen LogP contribution in [0.1, 0.15) is 27.7 Å². The molecule has 1 heterocycles. The van der Waals surface area contributed by atoms with E-state index in [0.717, 1.165) is 0 Å². The molecule has 0 spiro atoms. The van der Waals surface area contributed by atoms with E-state index in [9.17, 15) is 19.2 Å². The van der Waals surface area contributed by atoms with E-state index in [1.54, 1.807) is 27.7 Å². The van der Waals surface area contributed by atoms with Crippen molar-refractivity contribution in [2.24, 2.45) is 0 Å². The molecule has 1 aliphatic heterocycles. The summed E-state index contributed by atoms with van der Waals surface area (Å²) in [6.45, 7) is 14.1. The van der Waals surface area contributed by atoms with Crippen LogP contribution in [0.4, 0.5) is 0 Å².